The molecule has 4 aromatic rings. The van der Waals surface area contributed by atoms with Crippen LogP contribution in [0.4, 0.5) is 5.69 Å². The largest absolute Gasteiger partial charge is 0.352 e. The van der Waals surface area contributed by atoms with Crippen molar-refractivity contribution in [3.05, 3.63) is 108 Å². The third-order valence-electron chi connectivity index (χ3n) is 4.88. The van der Waals surface area contributed by atoms with Crippen molar-refractivity contribution in [2.24, 2.45) is 0 Å². The molecular weight excluding hydrogens is 388 g/mol. The Morgan fingerprint density at radius 3 is 2.26 bits per heavy atom. The van der Waals surface area contributed by atoms with Gasteiger partial charge in [0.05, 0.1) is 11.3 Å². The lowest BCUT2D eigenvalue weighted by Gasteiger charge is -2.12. The van der Waals surface area contributed by atoms with E-state index in [-0.39, 0.29) is 11.8 Å². The van der Waals surface area contributed by atoms with Gasteiger partial charge in [0.15, 0.2) is 0 Å². The summed E-state index contributed by atoms with van der Waals surface area (Å²) in [5.74, 6) is 0.290. The molecule has 0 bridgehead atoms. The van der Waals surface area contributed by atoms with E-state index in [0.717, 1.165) is 17.0 Å². The minimum atomic E-state index is -0.268. The Morgan fingerprint density at radius 1 is 0.806 bits per heavy atom. The predicted molar refractivity (Wildman–Crippen MR) is 121 cm³/mol. The van der Waals surface area contributed by atoms with Crippen molar-refractivity contribution in [1.82, 2.24) is 15.3 Å². The number of hydrogen-bond acceptors (Lipinski definition) is 3. The maximum Gasteiger partial charge on any atom is 0.255 e. The molecule has 2 amide bonds. The Kier molecular flexibility index (Phi) is 6.18. The van der Waals surface area contributed by atoms with Gasteiger partial charge in [-0.1, -0.05) is 54.6 Å². The van der Waals surface area contributed by atoms with Gasteiger partial charge >= 0.3 is 0 Å². The molecule has 0 spiro atoms. The van der Waals surface area contributed by atoms with E-state index in [0.29, 0.717) is 29.8 Å². The molecule has 0 saturated carbocycles. The summed E-state index contributed by atoms with van der Waals surface area (Å²) in [4.78, 5) is 32.5. The molecule has 3 aromatic carbocycles. The highest BCUT2D eigenvalue weighted by molar-refractivity contribution is 6.09. The fourth-order valence-corrected chi connectivity index (χ4v) is 3.25. The highest BCUT2D eigenvalue weighted by Gasteiger charge is 2.14. The first-order valence-corrected chi connectivity index (χ1v) is 10.0. The molecular formula is C25H22N4O2. The van der Waals surface area contributed by atoms with Crippen molar-refractivity contribution in [3.63, 3.8) is 0 Å². The molecule has 1 heterocycles. The number of amides is 2. The van der Waals surface area contributed by atoms with Gasteiger partial charge in [-0.25, -0.2) is 4.98 Å². The van der Waals surface area contributed by atoms with E-state index in [9.17, 15) is 9.59 Å². The molecule has 31 heavy (non-hydrogen) atoms. The summed E-state index contributed by atoms with van der Waals surface area (Å²) in [5.41, 5.74) is 3.53. The molecule has 0 aliphatic heterocycles. The second-order valence-corrected chi connectivity index (χ2v) is 6.98. The smallest absolute Gasteiger partial charge is 0.255 e. The second-order valence-electron chi connectivity index (χ2n) is 6.98. The Labute approximate surface area is 180 Å². The maximum atomic E-state index is 12.8. The summed E-state index contributed by atoms with van der Waals surface area (Å²) in [5, 5.41) is 5.72. The zero-order valence-electron chi connectivity index (χ0n) is 16.8. The Balaban J connectivity index is 1.42. The molecule has 0 saturated heterocycles. The quantitative estimate of drug-likeness (QED) is 0.424. The van der Waals surface area contributed by atoms with E-state index >= 15 is 0 Å². The van der Waals surface area contributed by atoms with E-state index in [1.807, 2.05) is 42.5 Å². The molecule has 0 aliphatic rings. The number of aromatic nitrogens is 2. The van der Waals surface area contributed by atoms with E-state index in [4.69, 9.17) is 0 Å². The molecule has 0 atom stereocenters. The van der Waals surface area contributed by atoms with Crippen LogP contribution in [0.25, 0.3) is 11.1 Å². The number of carbonyl (C=O) groups is 2. The van der Waals surface area contributed by atoms with Gasteiger partial charge in [0.2, 0.25) is 0 Å². The highest BCUT2D eigenvalue weighted by atomic mass is 16.2. The summed E-state index contributed by atoms with van der Waals surface area (Å²) < 4.78 is 0. The van der Waals surface area contributed by atoms with Crippen LogP contribution in [0.3, 0.4) is 0 Å². The third-order valence-corrected chi connectivity index (χ3v) is 4.88. The van der Waals surface area contributed by atoms with Crippen LogP contribution in [0.15, 0.2) is 91.3 Å². The normalized spacial score (nSPS) is 10.5. The zero-order valence-corrected chi connectivity index (χ0v) is 16.8. The standard InChI is InChI=1S/C25H22N4O2/c30-24(20-12-10-19(11-13-20)18-6-2-1-3-7-18)29-22-9-5-4-8-21(22)25(31)28-15-14-23-26-16-17-27-23/h1-13,16-17H,14-15H2,(H,26,27)(H,28,31)(H,29,30). The molecule has 6 nitrogen and oxygen atoms in total. The first-order valence-electron chi connectivity index (χ1n) is 10.0. The second kappa shape index (κ2) is 9.54. The first-order chi connectivity index (χ1) is 15.2. The van der Waals surface area contributed by atoms with Gasteiger partial charge < -0.3 is 15.6 Å². The average molecular weight is 410 g/mol. The van der Waals surface area contributed by atoms with Crippen LogP contribution < -0.4 is 10.6 Å². The van der Waals surface area contributed by atoms with Gasteiger partial charge in [-0.3, -0.25) is 9.59 Å². The average Bonchev–Trinajstić information content (AvgIpc) is 3.33. The van der Waals surface area contributed by atoms with Crippen LogP contribution in [0, 0.1) is 0 Å². The molecule has 0 unspecified atom stereocenters. The summed E-state index contributed by atoms with van der Waals surface area (Å²) in [6.45, 7) is 0.440. The van der Waals surface area contributed by atoms with E-state index in [1.165, 1.54) is 0 Å². The van der Waals surface area contributed by atoms with Gasteiger partial charge in [-0.2, -0.15) is 0 Å². The number of rotatable bonds is 7. The van der Waals surface area contributed by atoms with Gasteiger partial charge in [-0.15, -0.1) is 0 Å². The molecule has 0 fully saturated rings. The summed E-state index contributed by atoms with van der Waals surface area (Å²) >= 11 is 0. The minimum absolute atomic E-state index is 0.248. The van der Waals surface area contributed by atoms with E-state index in [1.54, 1.807) is 48.8 Å². The number of imidazole rings is 1. The third kappa shape index (κ3) is 5.05. The van der Waals surface area contributed by atoms with Crippen LogP contribution in [0.5, 0.6) is 0 Å². The number of para-hydroxylation sites is 1. The monoisotopic (exact) mass is 410 g/mol. The van der Waals surface area contributed by atoms with Crippen LogP contribution in [-0.2, 0) is 6.42 Å². The number of anilines is 1. The van der Waals surface area contributed by atoms with Crippen LogP contribution in [0.2, 0.25) is 0 Å². The van der Waals surface area contributed by atoms with E-state index < -0.39 is 0 Å². The number of H-pyrrole nitrogens is 1. The van der Waals surface area contributed by atoms with Crippen molar-refractivity contribution in [2.45, 2.75) is 6.42 Å². The first kappa shape index (κ1) is 20.1. The van der Waals surface area contributed by atoms with Gasteiger partial charge in [-0.05, 0) is 35.4 Å². The lowest BCUT2D eigenvalue weighted by atomic mass is 10.0. The fraction of sp³-hybridized carbons (Fsp3) is 0.0800. The van der Waals surface area contributed by atoms with Crippen LogP contribution >= 0.6 is 0 Å². The number of nitrogens with one attached hydrogen (secondary N) is 3. The Morgan fingerprint density at radius 2 is 1.52 bits per heavy atom. The number of aromatic amines is 1. The van der Waals surface area contributed by atoms with Crippen molar-refractivity contribution < 1.29 is 9.59 Å². The molecule has 4 rings (SSSR count). The van der Waals surface area contributed by atoms with Crippen molar-refractivity contribution in [3.8, 4) is 11.1 Å². The van der Waals surface area contributed by atoms with Crippen LogP contribution in [-0.4, -0.2) is 28.3 Å². The maximum absolute atomic E-state index is 12.8. The summed E-state index contributed by atoms with van der Waals surface area (Å²) in [7, 11) is 0. The lowest BCUT2D eigenvalue weighted by Crippen LogP contribution is -2.27. The van der Waals surface area contributed by atoms with Gasteiger partial charge in [0, 0.05) is 30.9 Å². The highest BCUT2D eigenvalue weighted by Crippen LogP contribution is 2.21. The van der Waals surface area contributed by atoms with Crippen molar-refractivity contribution in [2.75, 3.05) is 11.9 Å². The van der Waals surface area contributed by atoms with Crippen molar-refractivity contribution in [1.29, 1.82) is 0 Å². The summed E-state index contributed by atoms with van der Waals surface area (Å²) in [6.07, 6.45) is 4.02. The topological polar surface area (TPSA) is 86.9 Å². The molecule has 3 N–H and O–H groups in total. The minimum Gasteiger partial charge on any atom is -0.352 e. The molecule has 1 aromatic heterocycles. The summed E-state index contributed by atoms with van der Waals surface area (Å²) in [6, 6.07) is 24.3. The van der Waals surface area contributed by atoms with E-state index in [2.05, 4.69) is 20.6 Å². The molecule has 6 heteroatoms. The van der Waals surface area contributed by atoms with Crippen molar-refractivity contribution >= 4 is 17.5 Å². The zero-order chi connectivity index (χ0) is 21.5. The number of nitrogens with zero attached hydrogens (tertiary/aromatic N) is 1. The number of benzene rings is 3. The fourth-order valence-electron chi connectivity index (χ4n) is 3.25. The molecule has 0 radical (unpaired) electrons. The Bertz CT molecular complexity index is 1150. The lowest BCUT2D eigenvalue weighted by molar-refractivity contribution is 0.0955. The van der Waals surface area contributed by atoms with Crippen LogP contribution in [0.1, 0.15) is 26.5 Å². The number of carbonyl (C=O) groups excluding carboxylic acids is 2. The number of hydrogen-bond donors (Lipinski definition) is 3. The van der Waals surface area contributed by atoms with Gasteiger partial charge in [0.1, 0.15) is 5.82 Å². The van der Waals surface area contributed by atoms with Gasteiger partial charge in [0.25, 0.3) is 11.8 Å². The molecule has 154 valence electrons. The Hall–Kier alpha value is -4.19. The predicted octanol–water partition coefficient (Wildman–Crippen LogP) is 4.30. The SMILES string of the molecule is O=C(Nc1ccccc1C(=O)NCCc1ncc[nH]1)c1ccc(-c2ccccc2)cc1. The molecule has 0 aliphatic carbocycles.